The molecule has 0 bridgehead atoms. The van der Waals surface area contributed by atoms with Crippen LogP contribution in [0, 0.1) is 46.8 Å². The molecule has 0 aliphatic heterocycles. The predicted octanol–water partition coefficient (Wildman–Crippen LogP) is 4.21. The topological polar surface area (TPSA) is 0 Å². The van der Waals surface area contributed by atoms with Crippen molar-refractivity contribution >= 4 is 0 Å². The molecule has 0 amide bonds. The molecule has 0 saturated heterocycles. The standard InChI is InChI=1S/C15H26/c1-8-6-15(11(8)4)7-13(12(15)5)14-9(2)10(14)3/h8-14H,6-7H2,1-5H3. The first-order valence-electron chi connectivity index (χ1n) is 6.99. The molecule has 3 fully saturated rings. The maximum absolute atomic E-state index is 2.55. The van der Waals surface area contributed by atoms with Gasteiger partial charge in [0.2, 0.25) is 0 Å². The van der Waals surface area contributed by atoms with Gasteiger partial charge in [0.05, 0.1) is 0 Å². The summed E-state index contributed by atoms with van der Waals surface area (Å²) in [6.07, 6.45) is 3.10. The first-order valence-corrected chi connectivity index (χ1v) is 6.99. The summed E-state index contributed by atoms with van der Waals surface area (Å²) in [4.78, 5) is 0. The van der Waals surface area contributed by atoms with Crippen LogP contribution in [0.4, 0.5) is 0 Å². The van der Waals surface area contributed by atoms with Crippen LogP contribution in [0.15, 0.2) is 0 Å². The average Bonchev–Trinajstić information content (AvgIpc) is 2.79. The fourth-order valence-corrected chi connectivity index (χ4v) is 5.26. The Labute approximate surface area is 94.8 Å². The van der Waals surface area contributed by atoms with E-state index in [0.717, 1.165) is 46.8 Å². The van der Waals surface area contributed by atoms with Crippen LogP contribution in [0.25, 0.3) is 0 Å². The Morgan fingerprint density at radius 3 is 1.73 bits per heavy atom. The molecule has 0 N–H and O–H groups in total. The van der Waals surface area contributed by atoms with Crippen LogP contribution in [0.1, 0.15) is 47.5 Å². The van der Waals surface area contributed by atoms with Gasteiger partial charge in [-0.3, -0.25) is 0 Å². The lowest BCUT2D eigenvalue weighted by Gasteiger charge is -2.67. The molecule has 0 nitrogen and oxygen atoms in total. The molecule has 86 valence electrons. The lowest BCUT2D eigenvalue weighted by atomic mass is 9.38. The highest BCUT2D eigenvalue weighted by Gasteiger charge is 2.66. The molecule has 7 unspecified atom stereocenters. The molecule has 3 aliphatic rings. The molecule has 0 aromatic heterocycles. The average molecular weight is 206 g/mol. The third-order valence-electron chi connectivity index (χ3n) is 7.02. The lowest BCUT2D eigenvalue weighted by molar-refractivity contribution is -0.183. The maximum Gasteiger partial charge on any atom is -0.0235 e. The summed E-state index contributed by atoms with van der Waals surface area (Å²) in [6.45, 7) is 12.4. The first-order chi connectivity index (χ1) is 6.99. The molecule has 0 aromatic carbocycles. The predicted molar refractivity (Wildman–Crippen MR) is 64.5 cm³/mol. The van der Waals surface area contributed by atoms with Gasteiger partial charge in [-0.1, -0.05) is 34.6 Å². The summed E-state index contributed by atoms with van der Waals surface area (Å²) in [5.41, 5.74) is 0.798. The molecule has 1 spiro atoms. The lowest BCUT2D eigenvalue weighted by Crippen LogP contribution is -2.60. The fraction of sp³-hybridized carbons (Fsp3) is 1.00. The van der Waals surface area contributed by atoms with Gasteiger partial charge in [0.1, 0.15) is 0 Å². The van der Waals surface area contributed by atoms with Gasteiger partial charge in [0.25, 0.3) is 0 Å². The molecule has 0 heteroatoms. The largest absolute Gasteiger partial charge is 0.0622 e. The van der Waals surface area contributed by atoms with Crippen LogP contribution in [0.5, 0.6) is 0 Å². The fourth-order valence-electron chi connectivity index (χ4n) is 5.26. The minimum absolute atomic E-state index is 0.798. The van der Waals surface area contributed by atoms with E-state index >= 15 is 0 Å². The van der Waals surface area contributed by atoms with Gasteiger partial charge < -0.3 is 0 Å². The zero-order valence-electron chi connectivity index (χ0n) is 11.0. The summed E-state index contributed by atoms with van der Waals surface area (Å²) in [6, 6.07) is 0. The van der Waals surface area contributed by atoms with Crippen LogP contribution in [-0.4, -0.2) is 0 Å². The molecule has 15 heavy (non-hydrogen) atoms. The van der Waals surface area contributed by atoms with E-state index < -0.39 is 0 Å². The maximum atomic E-state index is 2.55. The van der Waals surface area contributed by atoms with Crippen molar-refractivity contribution in [1.82, 2.24) is 0 Å². The summed E-state index contributed by atoms with van der Waals surface area (Å²) >= 11 is 0. The SMILES string of the molecule is CC1CC2(CC(C3C(C)C3C)C2C)C1C. The van der Waals surface area contributed by atoms with Crippen molar-refractivity contribution in [1.29, 1.82) is 0 Å². The molecular formula is C15H26. The van der Waals surface area contributed by atoms with Crippen molar-refractivity contribution in [2.24, 2.45) is 46.8 Å². The normalized spacial score (nSPS) is 67.4. The van der Waals surface area contributed by atoms with Crippen LogP contribution in [0.2, 0.25) is 0 Å². The molecule has 0 aromatic rings. The smallest absolute Gasteiger partial charge is 0.0235 e. The molecule has 0 heterocycles. The van der Waals surface area contributed by atoms with Crippen LogP contribution in [0.3, 0.4) is 0 Å². The Morgan fingerprint density at radius 1 is 0.800 bits per heavy atom. The van der Waals surface area contributed by atoms with E-state index in [0.29, 0.717) is 0 Å². The van der Waals surface area contributed by atoms with Gasteiger partial charge in [-0.25, -0.2) is 0 Å². The number of rotatable bonds is 1. The van der Waals surface area contributed by atoms with Gasteiger partial charge in [-0.05, 0) is 59.7 Å². The third-order valence-corrected chi connectivity index (χ3v) is 7.02. The van der Waals surface area contributed by atoms with E-state index in [1.807, 2.05) is 0 Å². The molecule has 3 saturated carbocycles. The third kappa shape index (κ3) is 1.04. The molecule has 0 radical (unpaired) electrons. The summed E-state index contributed by atoms with van der Waals surface area (Å²) in [5, 5.41) is 0. The molecule has 3 aliphatic carbocycles. The van der Waals surface area contributed by atoms with E-state index in [-0.39, 0.29) is 0 Å². The van der Waals surface area contributed by atoms with Gasteiger partial charge in [-0.15, -0.1) is 0 Å². The second-order valence-electron chi connectivity index (χ2n) is 7.16. The van der Waals surface area contributed by atoms with E-state index in [4.69, 9.17) is 0 Å². The van der Waals surface area contributed by atoms with Crippen LogP contribution in [-0.2, 0) is 0 Å². The van der Waals surface area contributed by atoms with Gasteiger partial charge in [0.15, 0.2) is 0 Å². The van der Waals surface area contributed by atoms with Crippen molar-refractivity contribution in [3.63, 3.8) is 0 Å². The second kappa shape index (κ2) is 2.81. The minimum Gasteiger partial charge on any atom is -0.0622 e. The molecule has 3 rings (SSSR count). The van der Waals surface area contributed by atoms with E-state index in [9.17, 15) is 0 Å². The molecule has 7 atom stereocenters. The van der Waals surface area contributed by atoms with Crippen LogP contribution >= 0.6 is 0 Å². The zero-order chi connectivity index (χ0) is 11.0. The number of hydrogen-bond acceptors (Lipinski definition) is 0. The zero-order valence-corrected chi connectivity index (χ0v) is 11.0. The second-order valence-corrected chi connectivity index (χ2v) is 7.16. The van der Waals surface area contributed by atoms with Crippen molar-refractivity contribution < 1.29 is 0 Å². The van der Waals surface area contributed by atoms with Gasteiger partial charge >= 0.3 is 0 Å². The summed E-state index contributed by atoms with van der Waals surface area (Å²) in [7, 11) is 0. The van der Waals surface area contributed by atoms with Crippen LogP contribution < -0.4 is 0 Å². The summed E-state index contributed by atoms with van der Waals surface area (Å²) in [5.74, 6) is 7.28. The highest BCUT2D eigenvalue weighted by molar-refractivity contribution is 5.14. The van der Waals surface area contributed by atoms with E-state index in [1.54, 1.807) is 6.42 Å². The Morgan fingerprint density at radius 2 is 1.40 bits per heavy atom. The van der Waals surface area contributed by atoms with Crippen molar-refractivity contribution in [3.05, 3.63) is 0 Å². The minimum atomic E-state index is 0.798. The van der Waals surface area contributed by atoms with Gasteiger partial charge in [-0.2, -0.15) is 0 Å². The van der Waals surface area contributed by atoms with Crippen molar-refractivity contribution in [2.45, 2.75) is 47.5 Å². The Balaban J connectivity index is 1.66. The van der Waals surface area contributed by atoms with Crippen molar-refractivity contribution in [3.8, 4) is 0 Å². The summed E-state index contributed by atoms with van der Waals surface area (Å²) < 4.78 is 0. The Hall–Kier alpha value is 0. The van der Waals surface area contributed by atoms with Crippen molar-refractivity contribution in [2.75, 3.05) is 0 Å². The first kappa shape index (κ1) is 10.2. The highest BCUT2D eigenvalue weighted by atomic mass is 14.7. The van der Waals surface area contributed by atoms with E-state index in [1.165, 1.54) is 6.42 Å². The monoisotopic (exact) mass is 206 g/mol. The Kier molecular flexibility index (Phi) is 1.91. The quantitative estimate of drug-likeness (QED) is 0.603. The highest BCUT2D eigenvalue weighted by Crippen LogP contribution is 2.72. The van der Waals surface area contributed by atoms with Gasteiger partial charge in [0, 0.05) is 0 Å². The van der Waals surface area contributed by atoms with E-state index in [2.05, 4.69) is 34.6 Å². The number of hydrogen-bond donors (Lipinski definition) is 0. The Bertz CT molecular complexity index is 274. The molecular weight excluding hydrogens is 180 g/mol.